The molecule has 0 fully saturated rings. The number of rotatable bonds is 3. The van der Waals surface area contributed by atoms with Crippen LogP contribution >= 0.6 is 0 Å². The van der Waals surface area contributed by atoms with Gasteiger partial charge in [0.15, 0.2) is 0 Å². The molecule has 0 bridgehead atoms. The van der Waals surface area contributed by atoms with Crippen LogP contribution in [0.5, 0.6) is 5.75 Å². The number of carbonyl (C=O) groups excluding carboxylic acids is 1. The van der Waals surface area contributed by atoms with E-state index in [-0.39, 0.29) is 17.4 Å². The molecule has 5 heteroatoms. The summed E-state index contributed by atoms with van der Waals surface area (Å²) >= 11 is 0. The zero-order chi connectivity index (χ0) is 12.3. The molecule has 0 heterocycles. The zero-order valence-corrected chi connectivity index (χ0v) is 9.20. The number of amides is 1. The van der Waals surface area contributed by atoms with Gasteiger partial charge in [0.05, 0.1) is 11.7 Å². The van der Waals surface area contributed by atoms with E-state index in [1.807, 2.05) is 0 Å². The van der Waals surface area contributed by atoms with E-state index in [0.717, 1.165) is 12.1 Å². The maximum absolute atomic E-state index is 12.9. The number of benzene rings is 1. The van der Waals surface area contributed by atoms with Crippen LogP contribution in [-0.4, -0.2) is 17.1 Å². The standard InChI is InChI=1S/C11H15FN2O2/c1-6(2)10(13)11(16)14-8-5-7(12)3-4-9(8)15/h3-6,10,15H,13H2,1-2H3,(H,14,16)/t10-/m0/s1. The van der Waals surface area contributed by atoms with E-state index in [1.165, 1.54) is 6.07 Å². The molecule has 16 heavy (non-hydrogen) atoms. The number of phenolic OH excluding ortho intramolecular Hbond substituents is 1. The molecule has 0 saturated heterocycles. The smallest absolute Gasteiger partial charge is 0.241 e. The molecule has 4 N–H and O–H groups in total. The van der Waals surface area contributed by atoms with Gasteiger partial charge in [0.25, 0.3) is 0 Å². The number of nitrogens with one attached hydrogen (secondary N) is 1. The third kappa shape index (κ3) is 2.93. The Hall–Kier alpha value is -1.62. The van der Waals surface area contributed by atoms with Crippen molar-refractivity contribution in [3.63, 3.8) is 0 Å². The van der Waals surface area contributed by atoms with Gasteiger partial charge in [-0.3, -0.25) is 4.79 Å². The molecule has 0 aromatic heterocycles. The van der Waals surface area contributed by atoms with Crippen LogP contribution in [0.3, 0.4) is 0 Å². The van der Waals surface area contributed by atoms with Gasteiger partial charge in [-0.05, 0) is 18.1 Å². The van der Waals surface area contributed by atoms with Gasteiger partial charge >= 0.3 is 0 Å². The highest BCUT2D eigenvalue weighted by Gasteiger charge is 2.18. The SMILES string of the molecule is CC(C)[C@H](N)C(=O)Nc1cc(F)ccc1O. The van der Waals surface area contributed by atoms with Crippen molar-refractivity contribution in [2.24, 2.45) is 11.7 Å². The van der Waals surface area contributed by atoms with Crippen molar-refractivity contribution in [3.8, 4) is 5.75 Å². The van der Waals surface area contributed by atoms with E-state index < -0.39 is 17.8 Å². The summed E-state index contributed by atoms with van der Waals surface area (Å²) in [6.45, 7) is 3.60. The monoisotopic (exact) mass is 226 g/mol. The van der Waals surface area contributed by atoms with Crippen LogP contribution in [0.15, 0.2) is 18.2 Å². The Morgan fingerprint density at radius 2 is 2.12 bits per heavy atom. The van der Waals surface area contributed by atoms with Crippen molar-refractivity contribution < 1.29 is 14.3 Å². The third-order valence-electron chi connectivity index (χ3n) is 2.24. The van der Waals surface area contributed by atoms with Crippen LogP contribution in [0.25, 0.3) is 0 Å². The highest BCUT2D eigenvalue weighted by Crippen LogP contribution is 2.23. The Kier molecular flexibility index (Phi) is 3.84. The van der Waals surface area contributed by atoms with Gasteiger partial charge in [-0.25, -0.2) is 4.39 Å². The Morgan fingerprint density at radius 1 is 1.50 bits per heavy atom. The highest BCUT2D eigenvalue weighted by molar-refractivity contribution is 5.96. The van der Waals surface area contributed by atoms with Gasteiger partial charge in [-0.15, -0.1) is 0 Å². The summed E-state index contributed by atoms with van der Waals surface area (Å²) in [5, 5.41) is 11.8. The fourth-order valence-electron chi connectivity index (χ4n) is 1.13. The maximum Gasteiger partial charge on any atom is 0.241 e. The minimum Gasteiger partial charge on any atom is -0.506 e. The lowest BCUT2D eigenvalue weighted by Gasteiger charge is -2.15. The summed E-state index contributed by atoms with van der Waals surface area (Å²) in [5.41, 5.74) is 5.64. The van der Waals surface area contributed by atoms with E-state index in [1.54, 1.807) is 13.8 Å². The highest BCUT2D eigenvalue weighted by atomic mass is 19.1. The number of nitrogens with two attached hydrogens (primary N) is 1. The minimum absolute atomic E-state index is 0.0288. The summed E-state index contributed by atoms with van der Waals surface area (Å²) < 4.78 is 12.9. The number of hydrogen-bond acceptors (Lipinski definition) is 3. The van der Waals surface area contributed by atoms with Crippen molar-refractivity contribution in [1.82, 2.24) is 0 Å². The molecular formula is C11H15FN2O2. The second-order valence-electron chi connectivity index (χ2n) is 3.92. The molecule has 88 valence electrons. The lowest BCUT2D eigenvalue weighted by atomic mass is 10.0. The first-order chi connectivity index (χ1) is 7.41. The van der Waals surface area contributed by atoms with Gasteiger partial charge in [0, 0.05) is 6.07 Å². The van der Waals surface area contributed by atoms with Gasteiger partial charge in [-0.2, -0.15) is 0 Å². The third-order valence-corrected chi connectivity index (χ3v) is 2.24. The first kappa shape index (κ1) is 12.4. The van der Waals surface area contributed by atoms with Gasteiger partial charge in [0.2, 0.25) is 5.91 Å². The lowest BCUT2D eigenvalue weighted by molar-refractivity contribution is -0.118. The number of aromatic hydroxyl groups is 1. The van der Waals surface area contributed by atoms with Crippen LogP contribution in [0.2, 0.25) is 0 Å². The fraction of sp³-hybridized carbons (Fsp3) is 0.364. The van der Waals surface area contributed by atoms with E-state index in [4.69, 9.17) is 5.73 Å². The number of phenols is 1. The van der Waals surface area contributed by atoms with Crippen LogP contribution in [-0.2, 0) is 4.79 Å². The topological polar surface area (TPSA) is 75.4 Å². The molecule has 0 unspecified atom stereocenters. The number of hydrogen-bond donors (Lipinski definition) is 3. The molecule has 4 nitrogen and oxygen atoms in total. The van der Waals surface area contributed by atoms with E-state index in [9.17, 15) is 14.3 Å². The molecule has 1 aromatic carbocycles. The quantitative estimate of drug-likeness (QED) is 0.683. The summed E-state index contributed by atoms with van der Waals surface area (Å²) in [7, 11) is 0. The van der Waals surface area contributed by atoms with E-state index in [2.05, 4.69) is 5.32 Å². The van der Waals surface area contributed by atoms with Gasteiger partial charge in [-0.1, -0.05) is 13.8 Å². The van der Waals surface area contributed by atoms with Crippen LogP contribution in [0.1, 0.15) is 13.8 Å². The van der Waals surface area contributed by atoms with Crippen LogP contribution in [0.4, 0.5) is 10.1 Å². The molecule has 0 aliphatic carbocycles. The molecule has 1 rings (SSSR count). The number of carbonyl (C=O) groups is 1. The fourth-order valence-corrected chi connectivity index (χ4v) is 1.13. The molecule has 1 aromatic rings. The van der Waals surface area contributed by atoms with Crippen molar-refractivity contribution in [1.29, 1.82) is 0 Å². The van der Waals surface area contributed by atoms with E-state index in [0.29, 0.717) is 0 Å². The summed E-state index contributed by atoms with van der Waals surface area (Å²) in [6.07, 6.45) is 0. The minimum atomic E-state index is -0.692. The summed E-state index contributed by atoms with van der Waals surface area (Å²) in [6, 6.07) is 2.63. The predicted octanol–water partition coefficient (Wildman–Crippen LogP) is 1.45. The average molecular weight is 226 g/mol. The first-order valence-electron chi connectivity index (χ1n) is 4.96. The number of halogens is 1. The maximum atomic E-state index is 12.9. The van der Waals surface area contributed by atoms with Crippen molar-refractivity contribution in [3.05, 3.63) is 24.0 Å². The van der Waals surface area contributed by atoms with Crippen molar-refractivity contribution >= 4 is 11.6 Å². The van der Waals surface area contributed by atoms with E-state index >= 15 is 0 Å². The first-order valence-corrected chi connectivity index (χ1v) is 4.96. The average Bonchev–Trinajstić information content (AvgIpc) is 2.22. The number of anilines is 1. The Labute approximate surface area is 93.3 Å². The van der Waals surface area contributed by atoms with Crippen LogP contribution < -0.4 is 11.1 Å². The molecule has 1 amide bonds. The molecule has 1 atom stereocenters. The Morgan fingerprint density at radius 3 is 2.69 bits per heavy atom. The Bertz CT molecular complexity index is 394. The van der Waals surface area contributed by atoms with Crippen molar-refractivity contribution in [2.75, 3.05) is 5.32 Å². The molecular weight excluding hydrogens is 211 g/mol. The van der Waals surface area contributed by atoms with Gasteiger partial charge < -0.3 is 16.2 Å². The molecule has 0 radical (unpaired) electrons. The second-order valence-corrected chi connectivity index (χ2v) is 3.92. The second kappa shape index (κ2) is 4.94. The summed E-state index contributed by atoms with van der Waals surface area (Å²) in [4.78, 5) is 11.5. The lowest BCUT2D eigenvalue weighted by Crippen LogP contribution is -2.39. The molecule has 0 aliphatic rings. The van der Waals surface area contributed by atoms with Crippen LogP contribution in [0, 0.1) is 11.7 Å². The van der Waals surface area contributed by atoms with Gasteiger partial charge in [0.1, 0.15) is 11.6 Å². The summed E-state index contributed by atoms with van der Waals surface area (Å²) in [5.74, 6) is -1.21. The largest absolute Gasteiger partial charge is 0.506 e. The predicted molar refractivity (Wildman–Crippen MR) is 59.5 cm³/mol. The molecule has 0 saturated carbocycles. The molecule has 0 aliphatic heterocycles. The Balaban J connectivity index is 2.80. The zero-order valence-electron chi connectivity index (χ0n) is 9.20. The molecule has 0 spiro atoms. The van der Waals surface area contributed by atoms with Crippen molar-refractivity contribution in [2.45, 2.75) is 19.9 Å². The normalized spacial score (nSPS) is 12.6.